The van der Waals surface area contributed by atoms with Crippen molar-refractivity contribution in [3.63, 3.8) is 0 Å². The molecule has 4 aromatic rings. The minimum Gasteiger partial charge on any atom is -0.308 e. The van der Waals surface area contributed by atoms with E-state index in [1.54, 1.807) is 41.3 Å². The van der Waals surface area contributed by atoms with Gasteiger partial charge in [0.1, 0.15) is 0 Å². The Labute approximate surface area is 198 Å². The van der Waals surface area contributed by atoms with Crippen molar-refractivity contribution < 1.29 is 9.59 Å². The van der Waals surface area contributed by atoms with E-state index in [1.807, 2.05) is 37.2 Å². The standard InChI is InChI=1S/C27H27N3O2S/c1-18-16-23-24(17-19(18)2)33-27(28-23)30(15-14-29(3)4)26(32)22-12-10-21(11-13-22)25(31)20-8-6-5-7-9-20/h5-13,16-17H,14-15H2,1-4H3. The number of aryl methyl sites for hydroxylation is 2. The van der Waals surface area contributed by atoms with Crippen LogP contribution in [0.25, 0.3) is 10.2 Å². The molecule has 6 heteroatoms. The van der Waals surface area contributed by atoms with Gasteiger partial charge in [0, 0.05) is 29.8 Å². The summed E-state index contributed by atoms with van der Waals surface area (Å²) >= 11 is 1.53. The number of hydrogen-bond donors (Lipinski definition) is 0. The highest BCUT2D eigenvalue weighted by atomic mass is 32.1. The second-order valence-corrected chi connectivity index (χ2v) is 9.44. The van der Waals surface area contributed by atoms with E-state index in [9.17, 15) is 9.59 Å². The minimum atomic E-state index is -0.122. The molecule has 0 bridgehead atoms. The molecule has 0 radical (unpaired) electrons. The number of rotatable bonds is 7. The summed E-state index contributed by atoms with van der Waals surface area (Å²) in [5.41, 5.74) is 5.02. The average Bonchev–Trinajstić information content (AvgIpc) is 3.21. The second kappa shape index (κ2) is 9.65. The fraction of sp³-hybridized carbons (Fsp3) is 0.222. The van der Waals surface area contributed by atoms with Gasteiger partial charge < -0.3 is 4.90 Å². The normalized spacial score (nSPS) is 11.2. The molecule has 5 nitrogen and oxygen atoms in total. The van der Waals surface area contributed by atoms with Gasteiger partial charge >= 0.3 is 0 Å². The summed E-state index contributed by atoms with van der Waals surface area (Å²) in [6, 6.07) is 20.2. The highest BCUT2D eigenvalue weighted by Gasteiger charge is 2.22. The minimum absolute atomic E-state index is 0.0593. The highest BCUT2D eigenvalue weighted by Crippen LogP contribution is 2.31. The molecule has 0 fully saturated rings. The molecule has 0 atom stereocenters. The van der Waals surface area contributed by atoms with Gasteiger partial charge in [0.15, 0.2) is 10.9 Å². The lowest BCUT2D eigenvalue weighted by Crippen LogP contribution is -2.36. The Morgan fingerprint density at radius 1 is 0.818 bits per heavy atom. The largest absolute Gasteiger partial charge is 0.308 e. The maximum atomic E-state index is 13.5. The van der Waals surface area contributed by atoms with Crippen LogP contribution in [0.2, 0.25) is 0 Å². The fourth-order valence-electron chi connectivity index (χ4n) is 3.54. The van der Waals surface area contributed by atoms with Crippen LogP contribution in [-0.2, 0) is 0 Å². The first-order valence-electron chi connectivity index (χ1n) is 10.9. The lowest BCUT2D eigenvalue weighted by molar-refractivity contribution is 0.0982. The van der Waals surface area contributed by atoms with Crippen LogP contribution in [0.3, 0.4) is 0 Å². The lowest BCUT2D eigenvalue weighted by Gasteiger charge is -2.22. The Morgan fingerprint density at radius 3 is 2.09 bits per heavy atom. The number of benzene rings is 3. The van der Waals surface area contributed by atoms with Crippen molar-refractivity contribution in [3.8, 4) is 0 Å². The number of thiazole rings is 1. The summed E-state index contributed by atoms with van der Waals surface area (Å²) in [6.07, 6.45) is 0. The number of carbonyl (C=O) groups is 2. The van der Waals surface area contributed by atoms with Gasteiger partial charge in [-0.15, -0.1) is 0 Å². The van der Waals surface area contributed by atoms with E-state index in [2.05, 4.69) is 26.0 Å². The number of carbonyl (C=O) groups excluding carboxylic acids is 2. The van der Waals surface area contributed by atoms with E-state index in [0.717, 1.165) is 10.2 Å². The number of nitrogens with zero attached hydrogens (tertiary/aromatic N) is 3. The average molecular weight is 458 g/mol. The first kappa shape index (κ1) is 22.8. The van der Waals surface area contributed by atoms with Crippen LogP contribution in [0.5, 0.6) is 0 Å². The Kier molecular flexibility index (Phi) is 6.67. The van der Waals surface area contributed by atoms with Crippen LogP contribution in [0, 0.1) is 13.8 Å². The third kappa shape index (κ3) is 5.02. The van der Waals surface area contributed by atoms with Gasteiger partial charge in [-0.05, 0) is 63.3 Å². The molecule has 1 aromatic heterocycles. The summed E-state index contributed by atoms with van der Waals surface area (Å²) in [5, 5.41) is 0.686. The Bertz CT molecular complexity index is 1260. The first-order valence-corrected chi connectivity index (χ1v) is 11.7. The predicted molar refractivity (Wildman–Crippen MR) is 136 cm³/mol. The van der Waals surface area contributed by atoms with E-state index in [4.69, 9.17) is 4.98 Å². The van der Waals surface area contributed by atoms with Crippen LogP contribution in [0.1, 0.15) is 37.4 Å². The Hall–Kier alpha value is -3.35. The zero-order chi connectivity index (χ0) is 23.5. The summed E-state index contributed by atoms with van der Waals surface area (Å²) in [7, 11) is 3.97. The summed E-state index contributed by atoms with van der Waals surface area (Å²) < 4.78 is 1.07. The monoisotopic (exact) mass is 457 g/mol. The molecule has 0 aliphatic carbocycles. The molecule has 1 heterocycles. The van der Waals surface area contributed by atoms with E-state index >= 15 is 0 Å². The van der Waals surface area contributed by atoms with Crippen molar-refractivity contribution in [3.05, 3.63) is 94.5 Å². The Balaban J connectivity index is 1.63. The quantitative estimate of drug-likeness (QED) is 0.351. The molecular formula is C27H27N3O2S. The fourth-order valence-corrected chi connectivity index (χ4v) is 4.61. The number of fused-ring (bicyclic) bond motifs is 1. The summed E-state index contributed by atoms with van der Waals surface area (Å²) in [5.74, 6) is -0.181. The number of amides is 1. The van der Waals surface area contributed by atoms with Crippen molar-refractivity contribution in [2.45, 2.75) is 13.8 Å². The molecule has 168 valence electrons. The number of ketones is 1. The number of hydrogen-bond acceptors (Lipinski definition) is 5. The van der Waals surface area contributed by atoms with Gasteiger partial charge in [-0.25, -0.2) is 4.98 Å². The number of likely N-dealkylation sites (N-methyl/N-ethyl adjacent to an activating group) is 1. The SMILES string of the molecule is Cc1cc2nc(N(CCN(C)C)C(=O)c3ccc(C(=O)c4ccccc4)cc3)sc2cc1C. The number of aromatic nitrogens is 1. The van der Waals surface area contributed by atoms with Crippen molar-refractivity contribution in [1.82, 2.24) is 9.88 Å². The van der Waals surface area contributed by atoms with Crippen LogP contribution in [-0.4, -0.2) is 48.8 Å². The van der Waals surface area contributed by atoms with E-state index in [0.29, 0.717) is 34.9 Å². The van der Waals surface area contributed by atoms with Gasteiger partial charge in [0.2, 0.25) is 0 Å². The molecule has 0 saturated heterocycles. The highest BCUT2D eigenvalue weighted by molar-refractivity contribution is 7.22. The second-order valence-electron chi connectivity index (χ2n) is 8.43. The van der Waals surface area contributed by atoms with Crippen molar-refractivity contribution >= 4 is 38.4 Å². The molecule has 1 amide bonds. The molecule has 33 heavy (non-hydrogen) atoms. The van der Waals surface area contributed by atoms with Gasteiger partial charge in [0.05, 0.1) is 10.2 Å². The zero-order valence-corrected chi connectivity index (χ0v) is 20.1. The van der Waals surface area contributed by atoms with Crippen LogP contribution >= 0.6 is 11.3 Å². The Morgan fingerprint density at radius 2 is 1.42 bits per heavy atom. The molecule has 4 rings (SSSR count). The third-order valence-corrected chi connectivity index (χ3v) is 6.71. The molecule has 0 spiro atoms. The maximum Gasteiger partial charge on any atom is 0.260 e. The van der Waals surface area contributed by atoms with E-state index < -0.39 is 0 Å². The number of anilines is 1. The predicted octanol–water partition coefficient (Wildman–Crippen LogP) is 5.35. The molecular weight excluding hydrogens is 430 g/mol. The van der Waals surface area contributed by atoms with Gasteiger partial charge in [-0.2, -0.15) is 0 Å². The molecule has 0 N–H and O–H groups in total. The van der Waals surface area contributed by atoms with Crippen LogP contribution < -0.4 is 4.90 Å². The molecule has 3 aromatic carbocycles. The van der Waals surface area contributed by atoms with E-state index in [-0.39, 0.29) is 11.7 Å². The van der Waals surface area contributed by atoms with Crippen molar-refractivity contribution in [1.29, 1.82) is 0 Å². The maximum absolute atomic E-state index is 13.5. The molecule has 0 aliphatic rings. The van der Waals surface area contributed by atoms with Gasteiger partial charge in [-0.1, -0.05) is 53.8 Å². The lowest BCUT2D eigenvalue weighted by atomic mass is 10.0. The zero-order valence-electron chi connectivity index (χ0n) is 19.3. The van der Waals surface area contributed by atoms with Gasteiger partial charge in [0.25, 0.3) is 5.91 Å². The summed E-state index contributed by atoms with van der Waals surface area (Å²) in [6.45, 7) is 5.39. The molecule has 0 saturated carbocycles. The van der Waals surface area contributed by atoms with Crippen molar-refractivity contribution in [2.24, 2.45) is 0 Å². The first-order chi connectivity index (χ1) is 15.8. The van der Waals surface area contributed by atoms with Crippen LogP contribution in [0.4, 0.5) is 5.13 Å². The van der Waals surface area contributed by atoms with E-state index in [1.165, 1.54) is 22.5 Å². The summed E-state index contributed by atoms with van der Waals surface area (Å²) in [4.78, 5) is 34.8. The molecule has 0 unspecified atom stereocenters. The third-order valence-electron chi connectivity index (χ3n) is 5.67. The van der Waals surface area contributed by atoms with Gasteiger partial charge in [-0.3, -0.25) is 14.5 Å². The molecule has 0 aliphatic heterocycles. The smallest absolute Gasteiger partial charge is 0.260 e. The van der Waals surface area contributed by atoms with Crippen LogP contribution in [0.15, 0.2) is 66.7 Å². The van der Waals surface area contributed by atoms with Crippen molar-refractivity contribution in [2.75, 3.05) is 32.1 Å². The topological polar surface area (TPSA) is 53.5 Å².